The lowest BCUT2D eigenvalue weighted by molar-refractivity contribution is -0.133. The van der Waals surface area contributed by atoms with Crippen LogP contribution in [0.1, 0.15) is 47.6 Å². The number of rotatable bonds is 7. The molecule has 0 atom stereocenters. The Morgan fingerprint density at radius 3 is 1.86 bits per heavy atom. The van der Waals surface area contributed by atoms with Crippen LogP contribution in [0.4, 0.5) is 0 Å². The number of nitrogens with zero attached hydrogens (tertiary/aromatic N) is 3. The molecule has 0 radical (unpaired) electrons. The van der Waals surface area contributed by atoms with E-state index >= 15 is 0 Å². The number of carbonyl (C=O) groups excluding carboxylic acids is 1. The van der Waals surface area contributed by atoms with Crippen molar-refractivity contribution in [1.82, 2.24) is 14.7 Å². The maximum atomic E-state index is 13.1. The molecule has 1 N–H and O–H groups in total. The highest BCUT2D eigenvalue weighted by Crippen LogP contribution is 2.33. The molecule has 2 fully saturated rings. The Bertz CT molecular complexity index is 1090. The summed E-state index contributed by atoms with van der Waals surface area (Å²) in [6, 6.07) is 29.8. The van der Waals surface area contributed by atoms with Crippen LogP contribution in [-0.4, -0.2) is 71.5 Å². The van der Waals surface area contributed by atoms with Gasteiger partial charge in [0.2, 0.25) is 5.91 Å². The molecule has 0 saturated carbocycles. The van der Waals surface area contributed by atoms with E-state index in [1.807, 2.05) is 17.0 Å². The topological polar surface area (TPSA) is 47.0 Å². The second-order valence-corrected chi connectivity index (χ2v) is 10.6. The first-order valence-corrected chi connectivity index (χ1v) is 13.7. The number of hydrogen-bond donors (Lipinski definition) is 1. The van der Waals surface area contributed by atoms with Gasteiger partial charge in [0, 0.05) is 52.2 Å². The Morgan fingerprint density at radius 1 is 0.784 bits per heavy atom. The van der Waals surface area contributed by atoms with Crippen molar-refractivity contribution >= 4 is 5.91 Å². The lowest BCUT2D eigenvalue weighted by atomic mass is 9.84. The number of hydrogen-bond acceptors (Lipinski definition) is 4. The Hall–Kier alpha value is -2.99. The van der Waals surface area contributed by atoms with Gasteiger partial charge in [-0.15, -0.1) is 0 Å². The minimum Gasteiger partial charge on any atom is -0.385 e. The summed E-state index contributed by atoms with van der Waals surface area (Å²) in [7, 11) is 0. The number of carbonyl (C=O) groups is 1. The zero-order valence-corrected chi connectivity index (χ0v) is 21.9. The van der Waals surface area contributed by atoms with Gasteiger partial charge in [-0.25, -0.2) is 0 Å². The van der Waals surface area contributed by atoms with Crippen molar-refractivity contribution in [2.24, 2.45) is 0 Å². The van der Waals surface area contributed by atoms with Crippen LogP contribution in [-0.2, 0) is 10.4 Å². The van der Waals surface area contributed by atoms with Gasteiger partial charge in [-0.2, -0.15) is 0 Å². The van der Waals surface area contributed by atoms with E-state index in [1.54, 1.807) is 0 Å². The molecule has 2 saturated heterocycles. The van der Waals surface area contributed by atoms with Crippen molar-refractivity contribution in [2.75, 3.05) is 45.8 Å². The van der Waals surface area contributed by atoms with Crippen LogP contribution in [0.15, 0.2) is 84.9 Å². The highest BCUT2D eigenvalue weighted by molar-refractivity contribution is 5.76. The van der Waals surface area contributed by atoms with Crippen LogP contribution in [0, 0.1) is 6.92 Å². The third kappa shape index (κ3) is 6.12. The molecule has 0 bridgehead atoms. The fraction of sp³-hybridized carbons (Fsp3) is 0.406. The molecule has 0 aromatic heterocycles. The molecule has 2 aliphatic rings. The summed E-state index contributed by atoms with van der Waals surface area (Å²) in [5.41, 5.74) is 4.06. The lowest BCUT2D eigenvalue weighted by Crippen LogP contribution is -2.50. The molecule has 5 nitrogen and oxygen atoms in total. The monoisotopic (exact) mass is 497 g/mol. The first-order valence-electron chi connectivity index (χ1n) is 13.7. The first kappa shape index (κ1) is 25.7. The predicted molar refractivity (Wildman–Crippen MR) is 148 cm³/mol. The van der Waals surface area contributed by atoms with Crippen molar-refractivity contribution < 1.29 is 9.90 Å². The smallest absolute Gasteiger partial charge is 0.223 e. The van der Waals surface area contributed by atoms with E-state index in [-0.39, 0.29) is 11.9 Å². The fourth-order valence-corrected chi connectivity index (χ4v) is 5.83. The summed E-state index contributed by atoms with van der Waals surface area (Å²) in [5, 5.41) is 11.2. The zero-order valence-electron chi connectivity index (χ0n) is 21.9. The van der Waals surface area contributed by atoms with Crippen LogP contribution in [0.25, 0.3) is 0 Å². The highest BCUT2D eigenvalue weighted by Gasteiger charge is 2.34. The molecule has 2 heterocycles. The van der Waals surface area contributed by atoms with Crippen molar-refractivity contribution in [1.29, 1.82) is 0 Å². The normalized spacial score (nSPS) is 18.7. The maximum Gasteiger partial charge on any atom is 0.223 e. The molecule has 3 aromatic rings. The molecule has 2 aliphatic heterocycles. The van der Waals surface area contributed by atoms with E-state index in [0.717, 1.165) is 51.4 Å². The molecule has 37 heavy (non-hydrogen) atoms. The maximum absolute atomic E-state index is 13.1. The van der Waals surface area contributed by atoms with Gasteiger partial charge in [0.1, 0.15) is 0 Å². The Kier molecular flexibility index (Phi) is 8.04. The van der Waals surface area contributed by atoms with Gasteiger partial charge < -0.3 is 14.9 Å². The average Bonchev–Trinajstić information content (AvgIpc) is 2.95. The summed E-state index contributed by atoms with van der Waals surface area (Å²) in [6.45, 7) is 7.74. The van der Waals surface area contributed by atoms with E-state index in [0.29, 0.717) is 19.3 Å². The zero-order chi connectivity index (χ0) is 25.7. The van der Waals surface area contributed by atoms with Crippen LogP contribution in [0.2, 0.25) is 0 Å². The van der Waals surface area contributed by atoms with E-state index in [9.17, 15) is 9.90 Å². The van der Waals surface area contributed by atoms with Crippen LogP contribution in [0.5, 0.6) is 0 Å². The number of piperidine rings is 1. The Morgan fingerprint density at radius 2 is 1.32 bits per heavy atom. The SMILES string of the molecule is Cc1ccc(C2(O)CCN(CCC(=O)N3CCN(C(c4ccccc4)c4ccccc4)CC3)CC2)cc1. The lowest BCUT2D eigenvalue weighted by Gasteiger charge is -2.40. The standard InChI is InChI=1S/C32H39N3O2/c1-26-12-14-29(15-13-26)32(37)17-20-33(21-18-32)19-16-30(36)34-22-24-35(25-23-34)31(27-8-4-2-5-9-27)28-10-6-3-7-11-28/h2-15,31,37H,16-25H2,1H3. The second-order valence-electron chi connectivity index (χ2n) is 10.6. The van der Waals surface area contributed by atoms with E-state index < -0.39 is 5.60 Å². The summed E-state index contributed by atoms with van der Waals surface area (Å²) < 4.78 is 0. The molecule has 1 amide bonds. The molecular formula is C32H39N3O2. The molecule has 0 spiro atoms. The van der Waals surface area contributed by atoms with Crippen LogP contribution >= 0.6 is 0 Å². The van der Waals surface area contributed by atoms with Crippen molar-refractivity contribution in [3.8, 4) is 0 Å². The number of aryl methyl sites for hydroxylation is 1. The summed E-state index contributed by atoms with van der Waals surface area (Å²) in [5.74, 6) is 0.245. The minimum atomic E-state index is -0.751. The molecular weight excluding hydrogens is 458 g/mol. The Balaban J connectivity index is 1.11. The fourth-order valence-electron chi connectivity index (χ4n) is 5.83. The summed E-state index contributed by atoms with van der Waals surface area (Å²) >= 11 is 0. The third-order valence-corrected chi connectivity index (χ3v) is 8.18. The van der Waals surface area contributed by atoms with Crippen LogP contribution in [0.3, 0.4) is 0 Å². The van der Waals surface area contributed by atoms with Crippen molar-refractivity contribution in [2.45, 2.75) is 37.8 Å². The third-order valence-electron chi connectivity index (χ3n) is 8.18. The molecule has 5 rings (SSSR count). The average molecular weight is 498 g/mol. The van der Waals surface area contributed by atoms with E-state index in [1.165, 1.54) is 16.7 Å². The largest absolute Gasteiger partial charge is 0.385 e. The summed E-state index contributed by atoms with van der Waals surface area (Å²) in [6.07, 6.45) is 1.97. The highest BCUT2D eigenvalue weighted by atomic mass is 16.3. The number of aliphatic hydroxyl groups is 1. The van der Waals surface area contributed by atoms with Crippen molar-refractivity contribution in [3.63, 3.8) is 0 Å². The second kappa shape index (κ2) is 11.6. The van der Waals surface area contributed by atoms with Crippen molar-refractivity contribution in [3.05, 3.63) is 107 Å². The van der Waals surface area contributed by atoms with Gasteiger partial charge in [-0.05, 0) is 36.5 Å². The predicted octanol–water partition coefficient (Wildman–Crippen LogP) is 4.60. The van der Waals surface area contributed by atoms with E-state index in [2.05, 4.69) is 89.5 Å². The molecule has 0 aliphatic carbocycles. The molecule has 0 unspecified atom stereocenters. The number of benzene rings is 3. The molecule has 5 heteroatoms. The van der Waals surface area contributed by atoms with Gasteiger partial charge in [-0.3, -0.25) is 9.69 Å². The minimum absolute atomic E-state index is 0.209. The van der Waals surface area contributed by atoms with Gasteiger partial charge >= 0.3 is 0 Å². The molecule has 3 aromatic carbocycles. The van der Waals surface area contributed by atoms with Gasteiger partial charge in [0.25, 0.3) is 0 Å². The van der Waals surface area contributed by atoms with E-state index in [4.69, 9.17) is 0 Å². The quantitative estimate of drug-likeness (QED) is 0.518. The first-order chi connectivity index (χ1) is 18.0. The summed E-state index contributed by atoms with van der Waals surface area (Å²) in [4.78, 5) is 19.9. The number of amides is 1. The van der Waals surface area contributed by atoms with Gasteiger partial charge in [-0.1, -0.05) is 90.5 Å². The van der Waals surface area contributed by atoms with Gasteiger partial charge in [0.15, 0.2) is 0 Å². The Labute approximate surface area is 221 Å². The van der Waals surface area contributed by atoms with Gasteiger partial charge in [0.05, 0.1) is 11.6 Å². The molecule has 194 valence electrons. The number of likely N-dealkylation sites (tertiary alicyclic amines) is 1. The van der Waals surface area contributed by atoms with Crippen LogP contribution < -0.4 is 0 Å². The number of piperazine rings is 1.